The Hall–Kier alpha value is -1.47. The van der Waals surface area contributed by atoms with Crippen LogP contribution in [-0.4, -0.2) is 57.2 Å². The molecule has 3 heterocycles. The van der Waals surface area contributed by atoms with Crippen LogP contribution < -0.4 is 0 Å². The highest BCUT2D eigenvalue weighted by atomic mass is 16.5. The fourth-order valence-electron chi connectivity index (χ4n) is 2.83. The van der Waals surface area contributed by atoms with Crippen molar-refractivity contribution in [2.24, 2.45) is 5.41 Å². The lowest BCUT2D eigenvalue weighted by Crippen LogP contribution is -2.53. The first-order chi connectivity index (χ1) is 9.84. The zero-order valence-corrected chi connectivity index (χ0v) is 12.7. The number of hydrogen-bond acceptors (Lipinski definition) is 5. The predicted octanol–water partition coefficient (Wildman–Crippen LogP) is 0.315. The third kappa shape index (κ3) is 2.34. The van der Waals surface area contributed by atoms with E-state index in [1.807, 2.05) is 20.8 Å². The first-order valence-electron chi connectivity index (χ1n) is 7.36. The largest absolute Gasteiger partial charge is 0.381 e. The number of ether oxygens (including phenoxy) is 1. The minimum absolute atomic E-state index is 0.0564. The van der Waals surface area contributed by atoms with E-state index in [0.717, 1.165) is 0 Å². The Kier molecular flexibility index (Phi) is 3.29. The zero-order valence-electron chi connectivity index (χ0n) is 12.7. The molecule has 0 spiro atoms. The molecule has 2 fully saturated rings. The first-order valence-corrected chi connectivity index (χ1v) is 7.36. The maximum Gasteiger partial charge on any atom is 0.233 e. The lowest BCUT2D eigenvalue weighted by molar-refractivity contribution is -0.168. The van der Waals surface area contributed by atoms with Gasteiger partial charge in [-0.1, -0.05) is 5.21 Å². The number of aromatic nitrogens is 3. The molecule has 116 valence electrons. The van der Waals surface area contributed by atoms with E-state index in [1.165, 1.54) is 0 Å². The molecule has 1 amide bonds. The van der Waals surface area contributed by atoms with Gasteiger partial charge in [0.1, 0.15) is 11.3 Å². The molecule has 0 bridgehead atoms. The Morgan fingerprint density at radius 1 is 1.48 bits per heavy atom. The number of aliphatic hydroxyl groups is 1. The molecule has 0 aromatic carbocycles. The van der Waals surface area contributed by atoms with Gasteiger partial charge in [-0.3, -0.25) is 4.79 Å². The van der Waals surface area contributed by atoms with Gasteiger partial charge >= 0.3 is 0 Å². The SMILES string of the molecule is CC(C)n1cc(C2(O)CCN(C(=O)C3(C)COC3)C2)nn1. The Balaban J connectivity index is 1.74. The van der Waals surface area contributed by atoms with Crippen molar-refractivity contribution >= 4 is 5.91 Å². The summed E-state index contributed by atoms with van der Waals surface area (Å²) in [5.41, 5.74) is -0.980. The number of rotatable bonds is 3. The van der Waals surface area contributed by atoms with Crippen LogP contribution in [0.4, 0.5) is 0 Å². The Morgan fingerprint density at radius 2 is 2.19 bits per heavy atom. The highest BCUT2D eigenvalue weighted by Gasteiger charge is 2.49. The van der Waals surface area contributed by atoms with Gasteiger partial charge in [-0.05, 0) is 20.8 Å². The monoisotopic (exact) mass is 294 g/mol. The second-order valence-electron chi connectivity index (χ2n) is 6.74. The van der Waals surface area contributed by atoms with E-state index >= 15 is 0 Å². The van der Waals surface area contributed by atoms with E-state index in [9.17, 15) is 9.90 Å². The van der Waals surface area contributed by atoms with Crippen LogP contribution in [-0.2, 0) is 15.1 Å². The van der Waals surface area contributed by atoms with E-state index in [4.69, 9.17) is 4.74 Å². The zero-order chi connectivity index (χ0) is 15.3. The summed E-state index contributed by atoms with van der Waals surface area (Å²) in [6, 6.07) is 0.194. The second-order valence-corrected chi connectivity index (χ2v) is 6.74. The molecule has 1 aromatic heterocycles. The van der Waals surface area contributed by atoms with E-state index in [2.05, 4.69) is 10.3 Å². The quantitative estimate of drug-likeness (QED) is 0.868. The van der Waals surface area contributed by atoms with Gasteiger partial charge in [0.25, 0.3) is 0 Å². The maximum atomic E-state index is 12.5. The average molecular weight is 294 g/mol. The molecule has 21 heavy (non-hydrogen) atoms. The number of likely N-dealkylation sites (tertiary alicyclic amines) is 1. The van der Waals surface area contributed by atoms with Gasteiger partial charge in [-0.2, -0.15) is 0 Å². The number of hydrogen-bond donors (Lipinski definition) is 1. The van der Waals surface area contributed by atoms with E-state index < -0.39 is 11.0 Å². The third-order valence-corrected chi connectivity index (χ3v) is 4.41. The van der Waals surface area contributed by atoms with Gasteiger partial charge in [0.2, 0.25) is 5.91 Å². The first kappa shape index (κ1) is 14.5. The number of nitrogens with zero attached hydrogens (tertiary/aromatic N) is 4. The lowest BCUT2D eigenvalue weighted by Gasteiger charge is -2.39. The summed E-state index contributed by atoms with van der Waals surface area (Å²) in [7, 11) is 0. The second kappa shape index (κ2) is 4.78. The highest BCUT2D eigenvalue weighted by molar-refractivity contribution is 5.83. The Morgan fingerprint density at radius 3 is 2.71 bits per heavy atom. The highest BCUT2D eigenvalue weighted by Crippen LogP contribution is 2.35. The van der Waals surface area contributed by atoms with Crippen LogP contribution in [0.15, 0.2) is 6.20 Å². The molecule has 1 N–H and O–H groups in total. The Bertz CT molecular complexity index is 552. The summed E-state index contributed by atoms with van der Waals surface area (Å²) >= 11 is 0. The molecule has 7 heteroatoms. The van der Waals surface area contributed by atoms with E-state index in [-0.39, 0.29) is 18.5 Å². The van der Waals surface area contributed by atoms with Crippen LogP contribution >= 0.6 is 0 Å². The van der Waals surface area contributed by atoms with Gasteiger partial charge in [0, 0.05) is 19.0 Å². The fourth-order valence-corrected chi connectivity index (χ4v) is 2.83. The number of β-amino-alcohol motifs (C(OH)–C–C–N with tert-alkyl or cyclic N) is 1. The van der Waals surface area contributed by atoms with Gasteiger partial charge < -0.3 is 14.7 Å². The summed E-state index contributed by atoms with van der Waals surface area (Å²) < 4.78 is 6.87. The van der Waals surface area contributed by atoms with Crippen molar-refractivity contribution < 1.29 is 14.6 Å². The molecule has 2 saturated heterocycles. The molecule has 2 aliphatic heterocycles. The van der Waals surface area contributed by atoms with Crippen LogP contribution in [0.3, 0.4) is 0 Å². The number of carbonyl (C=O) groups excluding carboxylic acids is 1. The Labute approximate surface area is 123 Å². The predicted molar refractivity (Wildman–Crippen MR) is 74.4 cm³/mol. The smallest absolute Gasteiger partial charge is 0.233 e. The topological polar surface area (TPSA) is 80.5 Å². The summed E-state index contributed by atoms with van der Waals surface area (Å²) in [6.07, 6.45) is 2.26. The van der Waals surface area contributed by atoms with Gasteiger partial charge in [-0.25, -0.2) is 4.68 Å². The van der Waals surface area contributed by atoms with Crippen molar-refractivity contribution in [1.82, 2.24) is 19.9 Å². The average Bonchev–Trinajstić information content (AvgIpc) is 3.02. The normalized spacial score (nSPS) is 28.0. The molecule has 0 aliphatic carbocycles. The van der Waals surface area contributed by atoms with Gasteiger partial charge in [0.15, 0.2) is 0 Å². The minimum Gasteiger partial charge on any atom is -0.381 e. The molecule has 0 radical (unpaired) electrons. The van der Waals surface area contributed by atoms with Gasteiger partial charge in [-0.15, -0.1) is 5.10 Å². The van der Waals surface area contributed by atoms with E-state index in [1.54, 1.807) is 15.8 Å². The lowest BCUT2D eigenvalue weighted by atomic mass is 9.87. The molecular formula is C14H22N4O3. The maximum absolute atomic E-state index is 12.5. The molecule has 3 rings (SSSR count). The van der Waals surface area contributed by atoms with Crippen molar-refractivity contribution in [2.75, 3.05) is 26.3 Å². The van der Waals surface area contributed by atoms with Crippen LogP contribution in [0.5, 0.6) is 0 Å². The van der Waals surface area contributed by atoms with Crippen LogP contribution in [0.2, 0.25) is 0 Å². The summed E-state index contributed by atoms with van der Waals surface area (Å²) in [6.45, 7) is 7.66. The molecule has 0 saturated carbocycles. The molecule has 2 aliphatic rings. The summed E-state index contributed by atoms with van der Waals surface area (Å²) in [4.78, 5) is 14.2. The molecule has 1 unspecified atom stereocenters. The van der Waals surface area contributed by atoms with Crippen LogP contribution in [0.25, 0.3) is 0 Å². The standard InChI is InChI=1S/C14H22N4O3/c1-10(2)18-6-11(15-16-18)14(20)4-5-17(7-14)12(19)13(3)8-21-9-13/h6,10,20H,4-5,7-9H2,1-3H3. The summed E-state index contributed by atoms with van der Waals surface area (Å²) in [5, 5.41) is 18.9. The molecule has 1 atom stereocenters. The molecule has 1 aromatic rings. The van der Waals surface area contributed by atoms with Crippen molar-refractivity contribution in [3.8, 4) is 0 Å². The number of amides is 1. The minimum atomic E-state index is -1.09. The van der Waals surface area contributed by atoms with Crippen molar-refractivity contribution in [2.45, 2.75) is 38.8 Å². The molecular weight excluding hydrogens is 272 g/mol. The number of carbonyl (C=O) groups is 1. The third-order valence-electron chi connectivity index (χ3n) is 4.41. The van der Waals surface area contributed by atoms with Gasteiger partial charge in [0.05, 0.1) is 31.4 Å². The van der Waals surface area contributed by atoms with Crippen molar-refractivity contribution in [3.05, 3.63) is 11.9 Å². The summed E-state index contributed by atoms with van der Waals surface area (Å²) in [5.74, 6) is 0.0564. The van der Waals surface area contributed by atoms with E-state index in [0.29, 0.717) is 31.9 Å². The van der Waals surface area contributed by atoms with Crippen molar-refractivity contribution in [1.29, 1.82) is 0 Å². The fraction of sp³-hybridized carbons (Fsp3) is 0.786. The van der Waals surface area contributed by atoms with Crippen LogP contribution in [0, 0.1) is 5.41 Å². The van der Waals surface area contributed by atoms with Crippen LogP contribution in [0.1, 0.15) is 38.9 Å². The van der Waals surface area contributed by atoms with Crippen molar-refractivity contribution in [3.63, 3.8) is 0 Å². The molecule has 7 nitrogen and oxygen atoms in total.